The lowest BCUT2D eigenvalue weighted by molar-refractivity contribution is -0.0542. The van der Waals surface area contributed by atoms with Gasteiger partial charge >= 0.3 is 0 Å². The molecule has 0 aliphatic rings. The van der Waals surface area contributed by atoms with Gasteiger partial charge in [0.2, 0.25) is 0 Å². The van der Waals surface area contributed by atoms with E-state index in [1.807, 2.05) is 91.0 Å². The van der Waals surface area contributed by atoms with Crippen molar-refractivity contribution in [3.05, 3.63) is 120 Å². The first-order valence-corrected chi connectivity index (χ1v) is 9.69. The predicted molar refractivity (Wildman–Crippen MR) is 116 cm³/mol. The van der Waals surface area contributed by atoms with Crippen molar-refractivity contribution in [3.8, 4) is 0 Å². The van der Waals surface area contributed by atoms with Crippen LogP contribution in [0.25, 0.3) is 0 Å². The highest BCUT2D eigenvalue weighted by molar-refractivity contribution is 6.04. The van der Waals surface area contributed by atoms with Crippen molar-refractivity contribution in [2.45, 2.75) is 11.5 Å². The molecule has 0 aromatic heterocycles. The van der Waals surface area contributed by atoms with Crippen LogP contribution in [0, 0.1) is 0 Å². The number of hydrogen-bond acceptors (Lipinski definition) is 3. The molecule has 148 valence electrons. The highest BCUT2D eigenvalue weighted by atomic mass is 16.5. The minimum atomic E-state index is -1.26. The van der Waals surface area contributed by atoms with Gasteiger partial charge in [0.05, 0.1) is 13.2 Å². The lowest BCUT2D eigenvalue weighted by atomic mass is 9.72. The minimum Gasteiger partial charge on any atom is -0.382 e. The third-order valence-electron chi connectivity index (χ3n) is 5.03. The fraction of sp³-hybridized carbons (Fsp3) is 0.192. The van der Waals surface area contributed by atoms with Gasteiger partial charge < -0.3 is 9.47 Å². The van der Waals surface area contributed by atoms with E-state index in [0.717, 1.165) is 11.1 Å². The molecule has 0 saturated heterocycles. The predicted octanol–water partition coefficient (Wildman–Crippen LogP) is 5.40. The van der Waals surface area contributed by atoms with Crippen LogP contribution >= 0.6 is 0 Å². The topological polar surface area (TPSA) is 35.5 Å². The maximum atomic E-state index is 14.0. The van der Waals surface area contributed by atoms with E-state index in [9.17, 15) is 4.79 Å². The summed E-state index contributed by atoms with van der Waals surface area (Å²) in [5.74, 6) is -0.482. The van der Waals surface area contributed by atoms with Gasteiger partial charge in [-0.3, -0.25) is 4.79 Å². The van der Waals surface area contributed by atoms with E-state index in [2.05, 4.69) is 6.58 Å². The highest BCUT2D eigenvalue weighted by Gasteiger charge is 2.48. The summed E-state index contributed by atoms with van der Waals surface area (Å²) >= 11 is 0. The zero-order valence-electron chi connectivity index (χ0n) is 16.7. The molecular weight excluding hydrogens is 360 g/mol. The molecule has 0 spiro atoms. The van der Waals surface area contributed by atoms with Crippen molar-refractivity contribution < 1.29 is 14.3 Å². The fourth-order valence-corrected chi connectivity index (χ4v) is 3.66. The van der Waals surface area contributed by atoms with Crippen LogP contribution in [-0.4, -0.2) is 26.1 Å². The summed E-state index contributed by atoms with van der Waals surface area (Å²) < 4.78 is 11.6. The molecule has 3 rings (SSSR count). The van der Waals surface area contributed by atoms with Crippen LogP contribution in [0.1, 0.15) is 27.4 Å². The second-order valence-corrected chi connectivity index (χ2v) is 6.76. The first kappa shape index (κ1) is 20.7. The molecular formula is C26H26O3. The zero-order valence-corrected chi connectivity index (χ0v) is 16.7. The maximum Gasteiger partial charge on any atom is 0.200 e. The number of methoxy groups -OCH3 is 1. The van der Waals surface area contributed by atoms with Gasteiger partial charge in [-0.1, -0.05) is 97.1 Å². The van der Waals surface area contributed by atoms with E-state index in [0.29, 0.717) is 12.2 Å². The number of ketones is 1. The molecule has 0 saturated carbocycles. The molecule has 3 nitrogen and oxygen atoms in total. The molecule has 0 amide bonds. The SMILES string of the molecule is C=C[C@H](c1ccccc1)[C@@](OCCOC)(C(=O)c1ccccc1)c1ccccc1. The van der Waals surface area contributed by atoms with Crippen LogP contribution in [-0.2, 0) is 15.1 Å². The molecule has 0 fully saturated rings. The number of Topliss-reactive ketones (excluding diaryl/α,β-unsaturated/α-hetero) is 1. The summed E-state index contributed by atoms with van der Waals surface area (Å²) in [5, 5.41) is 0. The lowest BCUT2D eigenvalue weighted by Crippen LogP contribution is -2.44. The van der Waals surface area contributed by atoms with Crippen LogP contribution in [0.15, 0.2) is 104 Å². The molecule has 29 heavy (non-hydrogen) atoms. The van der Waals surface area contributed by atoms with E-state index in [1.165, 1.54) is 0 Å². The molecule has 0 unspecified atom stereocenters. The Morgan fingerprint density at radius 3 is 2.00 bits per heavy atom. The Labute approximate surface area is 172 Å². The Balaban J connectivity index is 2.23. The average molecular weight is 386 g/mol. The lowest BCUT2D eigenvalue weighted by Gasteiger charge is -2.39. The van der Waals surface area contributed by atoms with Crippen LogP contribution in [0.5, 0.6) is 0 Å². The fourth-order valence-electron chi connectivity index (χ4n) is 3.66. The van der Waals surface area contributed by atoms with Crippen molar-refractivity contribution in [2.75, 3.05) is 20.3 Å². The summed E-state index contributed by atoms with van der Waals surface area (Å²) in [6, 6.07) is 28.8. The van der Waals surface area contributed by atoms with Crippen LogP contribution in [0.3, 0.4) is 0 Å². The molecule has 0 aliphatic heterocycles. The normalized spacial score (nSPS) is 14.0. The van der Waals surface area contributed by atoms with Gasteiger partial charge in [-0.2, -0.15) is 0 Å². The zero-order chi connectivity index (χ0) is 20.5. The summed E-state index contributed by atoms with van der Waals surface area (Å²) in [7, 11) is 1.62. The van der Waals surface area contributed by atoms with Crippen molar-refractivity contribution in [2.24, 2.45) is 0 Å². The van der Waals surface area contributed by atoms with Gasteiger partial charge in [-0.05, 0) is 11.1 Å². The third kappa shape index (κ3) is 4.37. The van der Waals surface area contributed by atoms with Gasteiger partial charge in [0.15, 0.2) is 11.4 Å². The molecule has 0 radical (unpaired) electrons. The summed E-state index contributed by atoms with van der Waals surface area (Å²) in [6.07, 6.45) is 1.80. The standard InChI is InChI=1S/C26H26O3/c1-3-24(21-13-7-4-8-14-21)26(29-20-19-28-2,23-17-11-6-12-18-23)25(27)22-15-9-5-10-16-22/h3-18,24H,1,19-20H2,2H3/t24-,26-/m1/s1. The first-order chi connectivity index (χ1) is 14.2. The van der Waals surface area contributed by atoms with Gasteiger partial charge in [0, 0.05) is 18.6 Å². The number of ether oxygens (including phenoxy) is 2. The molecule has 0 heterocycles. The summed E-state index contributed by atoms with van der Waals surface area (Å²) in [5.41, 5.74) is 1.09. The van der Waals surface area contributed by atoms with E-state index in [4.69, 9.17) is 9.47 Å². The number of carbonyl (C=O) groups excluding carboxylic acids is 1. The second-order valence-electron chi connectivity index (χ2n) is 6.76. The molecule has 3 heteroatoms. The number of benzene rings is 3. The van der Waals surface area contributed by atoms with Crippen molar-refractivity contribution in [3.63, 3.8) is 0 Å². The van der Waals surface area contributed by atoms with Gasteiger partial charge in [-0.15, -0.1) is 6.58 Å². The monoisotopic (exact) mass is 386 g/mol. The molecule has 0 aliphatic carbocycles. The molecule has 3 aromatic carbocycles. The first-order valence-electron chi connectivity index (χ1n) is 9.69. The van der Waals surface area contributed by atoms with Gasteiger partial charge in [-0.25, -0.2) is 0 Å². The van der Waals surface area contributed by atoms with Crippen LogP contribution in [0.2, 0.25) is 0 Å². The number of hydrogen-bond donors (Lipinski definition) is 0. The Bertz CT molecular complexity index is 906. The van der Waals surface area contributed by atoms with E-state index in [-0.39, 0.29) is 18.3 Å². The average Bonchev–Trinajstić information content (AvgIpc) is 2.80. The third-order valence-corrected chi connectivity index (χ3v) is 5.03. The Hall–Kier alpha value is -3.01. The van der Waals surface area contributed by atoms with E-state index >= 15 is 0 Å². The molecule has 2 atom stereocenters. The maximum absolute atomic E-state index is 14.0. The summed E-state index contributed by atoms with van der Waals surface area (Å²) in [4.78, 5) is 14.0. The molecule has 0 N–H and O–H groups in total. The Morgan fingerprint density at radius 1 is 0.897 bits per heavy atom. The molecule has 0 bridgehead atoms. The van der Waals surface area contributed by atoms with Crippen molar-refractivity contribution >= 4 is 5.78 Å². The highest BCUT2D eigenvalue weighted by Crippen LogP contribution is 2.43. The minimum absolute atomic E-state index is 0.103. The Morgan fingerprint density at radius 2 is 1.45 bits per heavy atom. The van der Waals surface area contributed by atoms with E-state index in [1.54, 1.807) is 13.2 Å². The summed E-state index contributed by atoms with van der Waals surface area (Å²) in [6.45, 7) is 4.73. The van der Waals surface area contributed by atoms with Crippen LogP contribution in [0.4, 0.5) is 0 Å². The van der Waals surface area contributed by atoms with Gasteiger partial charge in [0.1, 0.15) is 0 Å². The molecule has 3 aromatic rings. The van der Waals surface area contributed by atoms with Crippen molar-refractivity contribution in [1.82, 2.24) is 0 Å². The Kier molecular flexibility index (Phi) is 7.12. The quantitative estimate of drug-likeness (QED) is 0.266. The van der Waals surface area contributed by atoms with Crippen LogP contribution < -0.4 is 0 Å². The van der Waals surface area contributed by atoms with Gasteiger partial charge in [0.25, 0.3) is 0 Å². The number of rotatable bonds is 10. The second kappa shape index (κ2) is 9.97. The smallest absolute Gasteiger partial charge is 0.200 e. The van der Waals surface area contributed by atoms with Crippen molar-refractivity contribution in [1.29, 1.82) is 0 Å². The van der Waals surface area contributed by atoms with E-state index < -0.39 is 5.60 Å². The largest absolute Gasteiger partial charge is 0.382 e. The number of carbonyl (C=O) groups is 1.